The molecule has 0 aromatic heterocycles. The Bertz CT molecular complexity index is 1070. The highest BCUT2D eigenvalue weighted by Crippen LogP contribution is 2.39. The van der Waals surface area contributed by atoms with E-state index in [4.69, 9.17) is 14.5 Å². The molecule has 7 nitrogen and oxygen atoms in total. The number of nitrogens with one attached hydrogen (secondary N) is 1. The van der Waals surface area contributed by atoms with Crippen molar-refractivity contribution in [3.05, 3.63) is 54.6 Å². The predicted octanol–water partition coefficient (Wildman–Crippen LogP) is 4.62. The van der Waals surface area contributed by atoms with Gasteiger partial charge in [-0.15, -0.1) is 0 Å². The predicted molar refractivity (Wildman–Crippen MR) is 137 cm³/mol. The van der Waals surface area contributed by atoms with Crippen LogP contribution < -0.4 is 19.7 Å². The summed E-state index contributed by atoms with van der Waals surface area (Å²) in [7, 11) is 0. The van der Waals surface area contributed by atoms with Crippen LogP contribution in [0.25, 0.3) is 0 Å². The first kappa shape index (κ1) is 22.4. The number of nitrogens with zero attached hydrogens (tertiary/aromatic N) is 3. The molecule has 0 radical (unpaired) electrons. The average Bonchev–Trinajstić information content (AvgIpc) is 3.16. The number of fused-ring (bicyclic) bond motifs is 1. The number of benzene rings is 2. The Kier molecular flexibility index (Phi) is 6.10. The van der Waals surface area contributed by atoms with Crippen LogP contribution in [0.5, 0.6) is 11.5 Å². The van der Waals surface area contributed by atoms with Gasteiger partial charge in [-0.2, -0.15) is 0 Å². The molecule has 4 aliphatic rings. The Labute approximate surface area is 207 Å². The molecule has 1 aliphatic carbocycles. The molecule has 184 valence electrons. The molecular weight excluding hydrogens is 440 g/mol. The molecule has 1 atom stereocenters. The van der Waals surface area contributed by atoms with Crippen LogP contribution in [0.1, 0.15) is 44.9 Å². The number of rotatable bonds is 4. The molecule has 7 heteroatoms. The first-order valence-electron chi connectivity index (χ1n) is 13.1. The van der Waals surface area contributed by atoms with Gasteiger partial charge in [-0.3, -0.25) is 20.1 Å². The Hall–Kier alpha value is -3.06. The van der Waals surface area contributed by atoms with Gasteiger partial charge in [0.05, 0.1) is 6.04 Å². The lowest BCUT2D eigenvalue weighted by molar-refractivity contribution is 0.0493. The van der Waals surface area contributed by atoms with Gasteiger partial charge in [0.15, 0.2) is 11.5 Å². The van der Waals surface area contributed by atoms with E-state index in [-0.39, 0.29) is 12.1 Å². The van der Waals surface area contributed by atoms with Crippen molar-refractivity contribution in [1.82, 2.24) is 10.2 Å². The van der Waals surface area contributed by atoms with Crippen molar-refractivity contribution < 1.29 is 14.3 Å². The number of amidine groups is 1. The molecule has 1 spiro atoms. The van der Waals surface area contributed by atoms with Crippen molar-refractivity contribution in [3.63, 3.8) is 0 Å². The maximum Gasteiger partial charge on any atom is 0.328 e. The summed E-state index contributed by atoms with van der Waals surface area (Å²) in [6, 6.07) is 18.2. The molecule has 6 rings (SSSR count). The Balaban J connectivity index is 1.21. The third-order valence-electron chi connectivity index (χ3n) is 7.91. The maximum atomic E-state index is 13.3. The number of urea groups is 1. The van der Waals surface area contributed by atoms with Crippen molar-refractivity contribution in [2.75, 3.05) is 31.1 Å². The molecule has 3 heterocycles. The summed E-state index contributed by atoms with van der Waals surface area (Å²) in [5.41, 5.74) is 0.524. The lowest BCUT2D eigenvalue weighted by atomic mass is 9.84. The van der Waals surface area contributed by atoms with Crippen LogP contribution in [0.2, 0.25) is 0 Å². The number of aliphatic imine (C=N–C) groups is 1. The van der Waals surface area contributed by atoms with Crippen LogP contribution in [-0.4, -0.2) is 60.7 Å². The van der Waals surface area contributed by atoms with E-state index in [9.17, 15) is 4.79 Å². The number of amides is 2. The molecule has 3 fully saturated rings. The fourth-order valence-electron chi connectivity index (χ4n) is 6.07. The van der Waals surface area contributed by atoms with Crippen LogP contribution in [0, 0.1) is 0 Å². The van der Waals surface area contributed by atoms with Gasteiger partial charge >= 0.3 is 6.03 Å². The molecule has 3 aliphatic heterocycles. The van der Waals surface area contributed by atoms with Gasteiger partial charge in [-0.25, -0.2) is 4.79 Å². The minimum atomic E-state index is -0.414. The minimum absolute atomic E-state index is 0.00267. The highest BCUT2D eigenvalue weighted by molar-refractivity contribution is 6.19. The van der Waals surface area contributed by atoms with Crippen LogP contribution in [-0.2, 0) is 0 Å². The van der Waals surface area contributed by atoms with Gasteiger partial charge < -0.3 is 9.47 Å². The van der Waals surface area contributed by atoms with E-state index in [1.54, 1.807) is 0 Å². The lowest BCUT2D eigenvalue weighted by Crippen LogP contribution is -2.58. The van der Waals surface area contributed by atoms with Crippen molar-refractivity contribution in [1.29, 1.82) is 0 Å². The molecule has 2 saturated heterocycles. The zero-order chi connectivity index (χ0) is 23.7. The smallest absolute Gasteiger partial charge is 0.328 e. The van der Waals surface area contributed by atoms with Gasteiger partial charge in [0.2, 0.25) is 0 Å². The highest BCUT2D eigenvalue weighted by atomic mass is 16.6. The van der Waals surface area contributed by atoms with E-state index >= 15 is 0 Å². The summed E-state index contributed by atoms with van der Waals surface area (Å²) < 4.78 is 12.1. The summed E-state index contributed by atoms with van der Waals surface area (Å²) in [5, 5.41) is 3.19. The average molecular weight is 475 g/mol. The lowest BCUT2D eigenvalue weighted by Gasteiger charge is -2.44. The molecule has 2 aromatic rings. The fourth-order valence-corrected chi connectivity index (χ4v) is 6.07. The first-order chi connectivity index (χ1) is 17.2. The van der Waals surface area contributed by atoms with Crippen molar-refractivity contribution in [3.8, 4) is 11.5 Å². The summed E-state index contributed by atoms with van der Waals surface area (Å²) in [6.45, 7) is 3.13. The number of ether oxygens (including phenoxy) is 2. The molecule has 2 amide bonds. The van der Waals surface area contributed by atoms with E-state index in [0.717, 1.165) is 68.3 Å². The summed E-state index contributed by atoms with van der Waals surface area (Å²) in [5.74, 6) is 2.52. The minimum Gasteiger partial charge on any atom is -0.486 e. The van der Waals surface area contributed by atoms with Crippen LogP contribution in [0.15, 0.2) is 59.6 Å². The SMILES string of the molecule is O=C1NC(=NC2CCCCC2)C2(CCN(CC3COc4ccccc4O3)CC2)N1c1ccccc1. The summed E-state index contributed by atoms with van der Waals surface area (Å²) in [4.78, 5) is 22.9. The van der Waals surface area contributed by atoms with Crippen molar-refractivity contribution in [2.45, 2.75) is 62.6 Å². The second kappa shape index (κ2) is 9.53. The highest BCUT2D eigenvalue weighted by Gasteiger charge is 2.53. The van der Waals surface area contributed by atoms with Crippen LogP contribution in [0.4, 0.5) is 10.5 Å². The third kappa shape index (κ3) is 4.38. The molecule has 1 unspecified atom stereocenters. The quantitative estimate of drug-likeness (QED) is 0.702. The first-order valence-corrected chi connectivity index (χ1v) is 13.1. The monoisotopic (exact) mass is 474 g/mol. The van der Waals surface area contributed by atoms with Gasteiger partial charge in [-0.05, 0) is 49.9 Å². The topological polar surface area (TPSA) is 66.4 Å². The van der Waals surface area contributed by atoms with E-state index in [1.807, 2.05) is 59.5 Å². The number of piperidine rings is 1. The number of carbonyl (C=O) groups excluding carboxylic acids is 1. The maximum absolute atomic E-state index is 13.3. The number of likely N-dealkylation sites (tertiary alicyclic amines) is 1. The Morgan fingerprint density at radius 1 is 0.943 bits per heavy atom. The van der Waals surface area contributed by atoms with E-state index in [2.05, 4.69) is 10.2 Å². The fraction of sp³-hybridized carbons (Fsp3) is 0.500. The summed E-state index contributed by atoms with van der Waals surface area (Å²) in [6.07, 6.45) is 7.67. The molecule has 0 bridgehead atoms. The third-order valence-corrected chi connectivity index (χ3v) is 7.91. The van der Waals surface area contributed by atoms with Crippen LogP contribution in [0.3, 0.4) is 0 Å². The molecule has 1 N–H and O–H groups in total. The molecular formula is C28H34N4O3. The van der Waals surface area contributed by atoms with Crippen LogP contribution >= 0.6 is 0 Å². The zero-order valence-corrected chi connectivity index (χ0v) is 20.2. The van der Waals surface area contributed by atoms with Gasteiger partial charge in [-0.1, -0.05) is 49.6 Å². The number of hydrogen-bond acceptors (Lipinski definition) is 5. The molecule has 1 saturated carbocycles. The second-order valence-electron chi connectivity index (χ2n) is 10.2. The normalized spacial score (nSPS) is 25.7. The van der Waals surface area contributed by atoms with Gasteiger partial charge in [0.25, 0.3) is 0 Å². The standard InChI is InChI=1S/C28H34N4O3/c33-27-30-26(29-21-9-3-1-4-10-21)28(32(27)22-11-5-2-6-12-22)15-17-31(18-16-28)19-23-20-34-24-13-7-8-14-25(24)35-23/h2,5-8,11-14,21,23H,1,3-4,9-10,15-20H2,(H,29,30,33). The number of anilines is 1. The number of carbonyl (C=O) groups is 1. The molecule has 2 aromatic carbocycles. The number of para-hydroxylation sites is 3. The van der Waals surface area contributed by atoms with Crippen molar-refractivity contribution >= 4 is 17.6 Å². The Morgan fingerprint density at radius 2 is 1.66 bits per heavy atom. The van der Waals surface area contributed by atoms with Crippen molar-refractivity contribution in [2.24, 2.45) is 4.99 Å². The Morgan fingerprint density at radius 3 is 2.43 bits per heavy atom. The largest absolute Gasteiger partial charge is 0.486 e. The van der Waals surface area contributed by atoms with Gasteiger partial charge in [0.1, 0.15) is 24.1 Å². The number of hydrogen-bond donors (Lipinski definition) is 1. The zero-order valence-electron chi connectivity index (χ0n) is 20.2. The van der Waals surface area contributed by atoms with E-state index in [1.165, 1.54) is 19.3 Å². The second-order valence-corrected chi connectivity index (χ2v) is 10.2. The van der Waals surface area contributed by atoms with E-state index in [0.29, 0.717) is 12.6 Å². The van der Waals surface area contributed by atoms with E-state index < -0.39 is 5.54 Å². The van der Waals surface area contributed by atoms with Gasteiger partial charge in [0, 0.05) is 25.3 Å². The summed E-state index contributed by atoms with van der Waals surface area (Å²) >= 11 is 0. The molecule has 35 heavy (non-hydrogen) atoms.